The van der Waals surface area contributed by atoms with Crippen molar-refractivity contribution in [3.63, 3.8) is 0 Å². The van der Waals surface area contributed by atoms with Gasteiger partial charge in [0.15, 0.2) is 5.65 Å². The van der Waals surface area contributed by atoms with E-state index < -0.39 is 0 Å². The van der Waals surface area contributed by atoms with Crippen LogP contribution in [0.25, 0.3) is 61.4 Å². The number of rotatable bonds is 5. The van der Waals surface area contributed by atoms with Gasteiger partial charge in [-0.05, 0) is 47.2 Å². The second-order valence-electron chi connectivity index (χ2n) is 12.8. The number of aromatic nitrogens is 5. The van der Waals surface area contributed by atoms with E-state index in [9.17, 15) is 0 Å². The zero-order valence-electron chi connectivity index (χ0n) is 28.4. The van der Waals surface area contributed by atoms with Crippen molar-refractivity contribution in [3.8, 4) is 28.3 Å². The molecule has 0 bridgehead atoms. The Balaban J connectivity index is 0.000000234. The summed E-state index contributed by atoms with van der Waals surface area (Å²) in [6.45, 7) is 13.0. The number of nitrogens with zero attached hydrogens (tertiary/aromatic N) is 5. The van der Waals surface area contributed by atoms with Crippen molar-refractivity contribution >= 4 is 33.1 Å². The molecular weight excluding hydrogens is 783 g/mol. The molecule has 4 heterocycles. The first kappa shape index (κ1) is 33.9. The third kappa shape index (κ3) is 6.57. The van der Waals surface area contributed by atoms with Gasteiger partial charge >= 0.3 is 0 Å². The molecule has 7 heteroatoms. The number of aryl methyl sites for hydroxylation is 2. The molecule has 0 aliphatic carbocycles. The van der Waals surface area contributed by atoms with E-state index in [1.54, 1.807) is 6.33 Å². The maximum atomic E-state index is 6.36. The number of fused-ring (bicyclic) bond motifs is 4. The molecule has 0 amide bonds. The minimum Gasteiger partial charge on any atom is -0.501 e. The molecule has 6 nitrogen and oxygen atoms in total. The summed E-state index contributed by atoms with van der Waals surface area (Å²) in [5.74, 6) is 1.42. The first-order chi connectivity index (χ1) is 23.3. The topological polar surface area (TPSA) is 69.6 Å². The number of benzene rings is 4. The molecule has 0 saturated carbocycles. The summed E-state index contributed by atoms with van der Waals surface area (Å²) in [7, 11) is 0. The minimum atomic E-state index is 0. The summed E-state index contributed by atoms with van der Waals surface area (Å²) in [6.07, 6.45) is 5.27. The molecule has 0 aliphatic heterocycles. The van der Waals surface area contributed by atoms with Crippen molar-refractivity contribution in [2.24, 2.45) is 0 Å². The fourth-order valence-corrected chi connectivity index (χ4v) is 6.13. The predicted molar refractivity (Wildman–Crippen MR) is 194 cm³/mol. The standard InChI is InChI=1S/C29H25N4O.C13H12N.Ir/c1-17(2)19-10-7-11-20(18(3)4)26(19)33-24-15-30-16-31-28(24)32-29(33)23-13-8-12-22-21-9-5-6-14-25(21)34-27(22)23;1-10-3-6-12(7-4-10)13-8-5-11(2)9-14-13;/h5-12,14-18H,1-4H3;3-6,8-9H,1-2H3;/q2*-1;. The fourth-order valence-electron chi connectivity index (χ4n) is 6.13. The largest absolute Gasteiger partial charge is 0.501 e. The maximum absolute atomic E-state index is 6.36. The van der Waals surface area contributed by atoms with Gasteiger partial charge in [-0.2, -0.15) is 0 Å². The van der Waals surface area contributed by atoms with E-state index in [0.717, 1.165) is 55.8 Å². The zero-order chi connectivity index (χ0) is 33.4. The van der Waals surface area contributed by atoms with Gasteiger partial charge in [0, 0.05) is 37.4 Å². The molecule has 49 heavy (non-hydrogen) atoms. The SMILES string of the molecule is CC(C)c1cccc(C(C)C)c1-n1c(-c2[c-]ccc3c2oc2ccccc23)nc2ncncc21.Cc1c[c-]c(-c2ccc(C)cn2)cc1.[Ir]. The molecule has 0 N–H and O–H groups in total. The summed E-state index contributed by atoms with van der Waals surface area (Å²) < 4.78 is 8.57. The number of hydrogen-bond donors (Lipinski definition) is 0. The van der Waals surface area contributed by atoms with Crippen LogP contribution in [0.5, 0.6) is 0 Å². The molecule has 4 aromatic heterocycles. The molecule has 8 rings (SSSR count). The Kier molecular flexibility index (Phi) is 9.86. The Morgan fingerprint density at radius 1 is 0.735 bits per heavy atom. The van der Waals surface area contributed by atoms with Gasteiger partial charge in [0.25, 0.3) is 0 Å². The van der Waals surface area contributed by atoms with Crippen LogP contribution in [0, 0.1) is 26.0 Å². The molecule has 1 radical (unpaired) electrons. The summed E-state index contributed by atoms with van der Waals surface area (Å²) in [5, 5.41) is 2.14. The molecule has 247 valence electrons. The maximum Gasteiger partial charge on any atom is 0.171 e. The number of hydrogen-bond acceptors (Lipinski definition) is 5. The molecule has 0 spiro atoms. The summed E-state index contributed by atoms with van der Waals surface area (Å²) >= 11 is 0. The minimum absolute atomic E-state index is 0. The third-order valence-corrected chi connectivity index (χ3v) is 8.62. The smallest absolute Gasteiger partial charge is 0.171 e. The van der Waals surface area contributed by atoms with Gasteiger partial charge in [0.2, 0.25) is 0 Å². The zero-order valence-corrected chi connectivity index (χ0v) is 30.8. The van der Waals surface area contributed by atoms with E-state index in [1.807, 2.05) is 61.8 Å². The summed E-state index contributed by atoms with van der Waals surface area (Å²) in [6, 6.07) is 35.5. The van der Waals surface area contributed by atoms with E-state index in [-0.39, 0.29) is 20.1 Å². The molecule has 0 saturated heterocycles. The predicted octanol–water partition coefficient (Wildman–Crippen LogP) is 10.6. The van der Waals surface area contributed by atoms with Gasteiger partial charge in [-0.15, -0.1) is 53.6 Å². The van der Waals surface area contributed by atoms with Crippen LogP contribution in [0.1, 0.15) is 61.8 Å². The number of para-hydroxylation sites is 2. The van der Waals surface area contributed by atoms with Crippen LogP contribution in [0.4, 0.5) is 0 Å². The van der Waals surface area contributed by atoms with E-state index in [1.165, 1.54) is 22.3 Å². The van der Waals surface area contributed by atoms with Crippen molar-refractivity contribution in [3.05, 3.63) is 138 Å². The van der Waals surface area contributed by atoms with Crippen LogP contribution >= 0.6 is 0 Å². The molecule has 8 aromatic rings. The van der Waals surface area contributed by atoms with Crippen molar-refractivity contribution in [2.75, 3.05) is 0 Å². The number of pyridine rings is 1. The number of imidazole rings is 1. The van der Waals surface area contributed by atoms with Crippen LogP contribution in [0.2, 0.25) is 0 Å². The molecule has 0 fully saturated rings. The molecule has 0 unspecified atom stereocenters. The van der Waals surface area contributed by atoms with Gasteiger partial charge in [0.1, 0.15) is 17.4 Å². The average Bonchev–Trinajstić information content (AvgIpc) is 3.68. The number of furan rings is 1. The third-order valence-electron chi connectivity index (χ3n) is 8.62. The van der Waals surface area contributed by atoms with Gasteiger partial charge in [-0.1, -0.05) is 94.1 Å². The normalized spacial score (nSPS) is 11.3. The second kappa shape index (κ2) is 14.3. The first-order valence-electron chi connectivity index (χ1n) is 16.4. The Bertz CT molecular complexity index is 2300. The summed E-state index contributed by atoms with van der Waals surface area (Å²) in [4.78, 5) is 18.2. The van der Waals surface area contributed by atoms with Gasteiger partial charge in [-0.3, -0.25) is 4.98 Å². The molecular formula is C42H37IrN5O-2. The van der Waals surface area contributed by atoms with Gasteiger partial charge < -0.3 is 14.0 Å². The van der Waals surface area contributed by atoms with E-state index in [4.69, 9.17) is 9.40 Å². The Morgan fingerprint density at radius 2 is 1.49 bits per heavy atom. The van der Waals surface area contributed by atoms with Crippen molar-refractivity contribution in [2.45, 2.75) is 53.4 Å². The fraction of sp³-hybridized carbons (Fsp3) is 0.190. The first-order valence-corrected chi connectivity index (χ1v) is 16.4. The monoisotopic (exact) mass is 820 g/mol. The van der Waals surface area contributed by atoms with E-state index in [0.29, 0.717) is 17.5 Å². The molecule has 0 aliphatic rings. The average molecular weight is 820 g/mol. The van der Waals surface area contributed by atoms with E-state index >= 15 is 0 Å². The van der Waals surface area contributed by atoms with Crippen LogP contribution in [-0.4, -0.2) is 24.5 Å². The Morgan fingerprint density at radius 3 is 2.18 bits per heavy atom. The Hall–Kier alpha value is -4.97. The van der Waals surface area contributed by atoms with Crippen LogP contribution in [-0.2, 0) is 20.1 Å². The van der Waals surface area contributed by atoms with Crippen LogP contribution < -0.4 is 0 Å². The molecule has 0 atom stereocenters. The van der Waals surface area contributed by atoms with E-state index in [2.05, 4.69) is 109 Å². The quantitative estimate of drug-likeness (QED) is 0.162. The molecule has 4 aromatic carbocycles. The van der Waals surface area contributed by atoms with Crippen LogP contribution in [0.3, 0.4) is 0 Å². The van der Waals surface area contributed by atoms with Gasteiger partial charge in [0.05, 0.1) is 17.6 Å². The summed E-state index contributed by atoms with van der Waals surface area (Å²) in [5.41, 5.74) is 12.1. The van der Waals surface area contributed by atoms with Crippen molar-refractivity contribution in [1.82, 2.24) is 24.5 Å². The van der Waals surface area contributed by atoms with Crippen LogP contribution in [0.15, 0.2) is 108 Å². The van der Waals surface area contributed by atoms with Crippen molar-refractivity contribution in [1.29, 1.82) is 0 Å². The van der Waals surface area contributed by atoms with Crippen molar-refractivity contribution < 1.29 is 24.5 Å². The Labute approximate surface area is 300 Å². The second-order valence-corrected chi connectivity index (χ2v) is 12.8. The van der Waals surface area contributed by atoms with Gasteiger partial charge in [-0.25, -0.2) is 9.97 Å².